The first kappa shape index (κ1) is 20.2. The number of anilines is 1. The number of hydrogen-bond acceptors (Lipinski definition) is 5. The SMILES string of the molecule is Cc1cccc(Cn2nc(C)c(NC(=O)C(C)n3cc([N+](=O)[O-])c(C)n3)c2C)c1. The summed E-state index contributed by atoms with van der Waals surface area (Å²) >= 11 is 0. The summed E-state index contributed by atoms with van der Waals surface area (Å²) in [5, 5.41) is 22.6. The van der Waals surface area contributed by atoms with Crippen molar-refractivity contribution in [2.75, 3.05) is 5.32 Å². The fraction of sp³-hybridized carbons (Fsp3) is 0.350. The highest BCUT2D eigenvalue weighted by molar-refractivity contribution is 5.94. The molecule has 3 rings (SSSR count). The Balaban J connectivity index is 1.79. The van der Waals surface area contributed by atoms with E-state index in [0.29, 0.717) is 17.9 Å². The van der Waals surface area contributed by atoms with Crippen molar-refractivity contribution in [3.63, 3.8) is 0 Å². The summed E-state index contributed by atoms with van der Waals surface area (Å²) in [6.45, 7) is 9.57. The summed E-state index contributed by atoms with van der Waals surface area (Å²) in [6.07, 6.45) is 1.28. The quantitative estimate of drug-likeness (QED) is 0.507. The molecule has 3 aromatic rings. The molecule has 0 fully saturated rings. The van der Waals surface area contributed by atoms with Gasteiger partial charge in [0.2, 0.25) is 5.91 Å². The van der Waals surface area contributed by atoms with E-state index in [2.05, 4.69) is 21.6 Å². The Bertz CT molecular complexity index is 1080. The number of nitro groups is 1. The maximum Gasteiger partial charge on any atom is 0.309 e. The molecule has 0 aliphatic rings. The number of nitrogens with zero attached hydrogens (tertiary/aromatic N) is 5. The van der Waals surface area contributed by atoms with Gasteiger partial charge < -0.3 is 5.32 Å². The molecule has 1 N–H and O–H groups in total. The van der Waals surface area contributed by atoms with E-state index in [0.717, 1.165) is 11.3 Å². The molecule has 9 heteroatoms. The molecule has 152 valence electrons. The lowest BCUT2D eigenvalue weighted by Gasteiger charge is -2.13. The first-order chi connectivity index (χ1) is 13.7. The summed E-state index contributed by atoms with van der Waals surface area (Å²) < 4.78 is 3.16. The molecule has 0 bridgehead atoms. The van der Waals surface area contributed by atoms with Crippen molar-refractivity contribution in [2.45, 2.75) is 47.2 Å². The van der Waals surface area contributed by atoms with Crippen LogP contribution in [0.15, 0.2) is 30.5 Å². The van der Waals surface area contributed by atoms with Crippen LogP contribution in [0.2, 0.25) is 0 Å². The topological polar surface area (TPSA) is 108 Å². The number of carbonyl (C=O) groups is 1. The fourth-order valence-corrected chi connectivity index (χ4v) is 3.21. The Labute approximate surface area is 168 Å². The minimum Gasteiger partial charge on any atom is -0.321 e. The van der Waals surface area contributed by atoms with E-state index in [9.17, 15) is 14.9 Å². The standard InChI is InChI=1S/C20H24N6O3/c1-12-7-6-8-17(9-12)10-24-15(4)19(14(3)23-24)21-20(27)16(5)25-11-18(26(28)29)13(2)22-25/h6-9,11,16H,10H2,1-5H3,(H,21,27). The Hall–Kier alpha value is -3.49. The van der Waals surface area contributed by atoms with Crippen LogP contribution < -0.4 is 5.32 Å². The van der Waals surface area contributed by atoms with E-state index >= 15 is 0 Å². The van der Waals surface area contributed by atoms with Crippen molar-refractivity contribution in [2.24, 2.45) is 0 Å². The Morgan fingerprint density at radius 3 is 2.55 bits per heavy atom. The highest BCUT2D eigenvalue weighted by atomic mass is 16.6. The Morgan fingerprint density at radius 2 is 1.93 bits per heavy atom. The second-order valence-corrected chi connectivity index (χ2v) is 7.19. The molecular formula is C20H24N6O3. The zero-order chi connectivity index (χ0) is 21.3. The molecule has 2 aromatic heterocycles. The van der Waals surface area contributed by atoms with E-state index < -0.39 is 11.0 Å². The highest BCUT2D eigenvalue weighted by Crippen LogP contribution is 2.23. The summed E-state index contributed by atoms with van der Waals surface area (Å²) in [5.74, 6) is -0.316. The van der Waals surface area contributed by atoms with Crippen LogP contribution in [-0.4, -0.2) is 30.4 Å². The Kier molecular flexibility index (Phi) is 5.49. The van der Waals surface area contributed by atoms with E-state index in [1.165, 1.54) is 16.4 Å². The van der Waals surface area contributed by atoms with Crippen molar-refractivity contribution < 1.29 is 9.72 Å². The number of aryl methyl sites for hydroxylation is 3. The van der Waals surface area contributed by atoms with Crippen molar-refractivity contribution >= 4 is 17.3 Å². The highest BCUT2D eigenvalue weighted by Gasteiger charge is 2.24. The molecule has 0 radical (unpaired) electrons. The maximum absolute atomic E-state index is 12.7. The van der Waals surface area contributed by atoms with E-state index in [-0.39, 0.29) is 17.3 Å². The summed E-state index contributed by atoms with van der Waals surface area (Å²) in [5.41, 5.74) is 4.66. The average molecular weight is 396 g/mol. The van der Waals surface area contributed by atoms with Crippen LogP contribution >= 0.6 is 0 Å². The van der Waals surface area contributed by atoms with Crippen molar-refractivity contribution in [1.82, 2.24) is 19.6 Å². The van der Waals surface area contributed by atoms with Crippen LogP contribution in [0.4, 0.5) is 11.4 Å². The molecule has 1 amide bonds. The van der Waals surface area contributed by atoms with Crippen LogP contribution in [0.25, 0.3) is 0 Å². The van der Waals surface area contributed by atoms with Gasteiger partial charge in [0.15, 0.2) is 0 Å². The van der Waals surface area contributed by atoms with Crippen molar-refractivity contribution in [1.29, 1.82) is 0 Å². The molecule has 0 saturated heterocycles. The molecule has 0 aliphatic carbocycles. The normalized spacial score (nSPS) is 12.0. The molecule has 2 heterocycles. The third-order valence-electron chi connectivity index (χ3n) is 4.91. The fourth-order valence-electron chi connectivity index (χ4n) is 3.21. The number of benzene rings is 1. The smallest absolute Gasteiger partial charge is 0.309 e. The third kappa shape index (κ3) is 4.18. The van der Waals surface area contributed by atoms with E-state index in [4.69, 9.17) is 0 Å². The predicted molar refractivity (Wildman–Crippen MR) is 109 cm³/mol. The van der Waals surface area contributed by atoms with Gasteiger partial charge in [0.05, 0.1) is 28.5 Å². The largest absolute Gasteiger partial charge is 0.321 e. The van der Waals surface area contributed by atoms with Gasteiger partial charge in [-0.05, 0) is 40.2 Å². The zero-order valence-electron chi connectivity index (χ0n) is 17.1. The summed E-state index contributed by atoms with van der Waals surface area (Å²) in [4.78, 5) is 23.3. The van der Waals surface area contributed by atoms with Crippen LogP contribution in [0, 0.1) is 37.8 Å². The second kappa shape index (κ2) is 7.86. The first-order valence-electron chi connectivity index (χ1n) is 9.28. The van der Waals surface area contributed by atoms with Gasteiger partial charge in [0.1, 0.15) is 17.9 Å². The number of aromatic nitrogens is 4. The monoisotopic (exact) mass is 396 g/mol. The second-order valence-electron chi connectivity index (χ2n) is 7.19. The lowest BCUT2D eigenvalue weighted by atomic mass is 10.1. The minimum atomic E-state index is -0.707. The molecule has 0 spiro atoms. The van der Waals surface area contributed by atoms with Gasteiger partial charge in [-0.25, -0.2) is 0 Å². The summed E-state index contributed by atoms with van der Waals surface area (Å²) in [7, 11) is 0. The molecular weight excluding hydrogens is 372 g/mol. The zero-order valence-corrected chi connectivity index (χ0v) is 17.1. The van der Waals surface area contributed by atoms with Gasteiger partial charge in [0.25, 0.3) is 0 Å². The van der Waals surface area contributed by atoms with Gasteiger partial charge in [-0.15, -0.1) is 0 Å². The average Bonchev–Trinajstić information content (AvgIpc) is 3.16. The van der Waals surface area contributed by atoms with Gasteiger partial charge in [-0.1, -0.05) is 29.8 Å². The van der Waals surface area contributed by atoms with Crippen LogP contribution in [0.1, 0.15) is 41.2 Å². The predicted octanol–water partition coefficient (Wildman–Crippen LogP) is 3.47. The number of amides is 1. The van der Waals surface area contributed by atoms with Crippen molar-refractivity contribution in [3.8, 4) is 0 Å². The Morgan fingerprint density at radius 1 is 1.21 bits per heavy atom. The lowest BCUT2D eigenvalue weighted by molar-refractivity contribution is -0.385. The van der Waals surface area contributed by atoms with Gasteiger partial charge >= 0.3 is 5.69 Å². The van der Waals surface area contributed by atoms with Crippen LogP contribution in [0.5, 0.6) is 0 Å². The van der Waals surface area contributed by atoms with E-state index in [1.807, 2.05) is 43.7 Å². The third-order valence-corrected chi connectivity index (χ3v) is 4.91. The van der Waals surface area contributed by atoms with Gasteiger partial charge in [-0.3, -0.25) is 24.3 Å². The van der Waals surface area contributed by atoms with E-state index in [1.54, 1.807) is 13.8 Å². The molecule has 1 unspecified atom stereocenters. The van der Waals surface area contributed by atoms with Crippen molar-refractivity contribution in [3.05, 3.63) is 68.8 Å². The molecule has 1 atom stereocenters. The molecule has 0 saturated carbocycles. The van der Waals surface area contributed by atoms with Gasteiger partial charge in [0, 0.05) is 0 Å². The first-order valence-corrected chi connectivity index (χ1v) is 9.28. The molecule has 29 heavy (non-hydrogen) atoms. The molecule has 9 nitrogen and oxygen atoms in total. The molecule has 1 aromatic carbocycles. The maximum atomic E-state index is 12.7. The number of carbonyl (C=O) groups excluding carboxylic acids is 1. The van der Waals surface area contributed by atoms with Gasteiger partial charge in [-0.2, -0.15) is 10.2 Å². The molecule has 0 aliphatic heterocycles. The lowest BCUT2D eigenvalue weighted by Crippen LogP contribution is -2.24. The number of hydrogen-bond donors (Lipinski definition) is 1. The number of nitrogens with one attached hydrogen (secondary N) is 1. The summed E-state index contributed by atoms with van der Waals surface area (Å²) in [6, 6.07) is 7.48. The minimum absolute atomic E-state index is 0.108. The number of rotatable bonds is 6. The van der Waals surface area contributed by atoms with Crippen LogP contribution in [0.3, 0.4) is 0 Å². The van der Waals surface area contributed by atoms with Crippen LogP contribution in [-0.2, 0) is 11.3 Å².